The highest BCUT2D eigenvalue weighted by molar-refractivity contribution is 5.81. The van der Waals surface area contributed by atoms with Crippen molar-refractivity contribution in [3.8, 4) is 11.1 Å². The highest BCUT2D eigenvalue weighted by Gasteiger charge is 2.30. The number of alkyl carbamates (subject to hydrolysis) is 1. The summed E-state index contributed by atoms with van der Waals surface area (Å²) < 4.78 is 5.55. The number of carbonyl (C=O) groups is 3. The number of hydrogen-bond donors (Lipinski definition) is 2. The van der Waals surface area contributed by atoms with E-state index in [2.05, 4.69) is 29.6 Å². The fourth-order valence-electron chi connectivity index (χ4n) is 4.34. The number of fused-ring (bicyclic) bond motifs is 3. The number of benzene rings is 2. The summed E-state index contributed by atoms with van der Waals surface area (Å²) in [6.45, 7) is 6.07. The van der Waals surface area contributed by atoms with Crippen LogP contribution in [0.4, 0.5) is 4.79 Å². The molecule has 0 spiro atoms. The minimum absolute atomic E-state index is 0.0285. The van der Waals surface area contributed by atoms with Crippen molar-refractivity contribution in [2.24, 2.45) is 5.92 Å². The first kappa shape index (κ1) is 24.3. The Hall–Kier alpha value is -3.35. The lowest BCUT2D eigenvalue weighted by Crippen LogP contribution is -2.45. The van der Waals surface area contributed by atoms with Crippen molar-refractivity contribution in [2.75, 3.05) is 19.7 Å². The smallest absolute Gasteiger partial charge is 0.407 e. The molecule has 1 aliphatic rings. The van der Waals surface area contributed by atoms with Gasteiger partial charge in [-0.15, -0.1) is 0 Å². The number of carbonyl (C=O) groups excluding carboxylic acids is 2. The Labute approximate surface area is 194 Å². The molecule has 1 aliphatic carbocycles. The average molecular weight is 453 g/mol. The summed E-state index contributed by atoms with van der Waals surface area (Å²) in [5, 5.41) is 11.7. The normalized spacial score (nSPS) is 13.2. The molecule has 0 heterocycles. The number of rotatable bonds is 10. The van der Waals surface area contributed by atoms with Crippen LogP contribution in [0.15, 0.2) is 48.5 Å². The third-order valence-corrected chi connectivity index (χ3v) is 6.15. The Kier molecular flexibility index (Phi) is 8.09. The zero-order chi connectivity index (χ0) is 24.0. The molecule has 0 saturated heterocycles. The molecule has 0 saturated carbocycles. The molecule has 3 rings (SSSR count). The highest BCUT2D eigenvalue weighted by atomic mass is 16.5. The van der Waals surface area contributed by atoms with Crippen molar-refractivity contribution in [2.45, 2.75) is 45.6 Å². The Morgan fingerprint density at radius 1 is 1.03 bits per heavy atom. The number of nitrogens with one attached hydrogen (secondary N) is 1. The summed E-state index contributed by atoms with van der Waals surface area (Å²) in [5.74, 6) is -1.58. The fourth-order valence-corrected chi connectivity index (χ4v) is 4.34. The van der Waals surface area contributed by atoms with Gasteiger partial charge in [-0.25, -0.2) is 4.79 Å². The summed E-state index contributed by atoms with van der Waals surface area (Å²) in [5.41, 5.74) is 4.60. The topological polar surface area (TPSA) is 95.9 Å². The van der Waals surface area contributed by atoms with Crippen molar-refractivity contribution >= 4 is 18.0 Å². The first-order valence-corrected chi connectivity index (χ1v) is 11.4. The van der Waals surface area contributed by atoms with Gasteiger partial charge in [0.05, 0.1) is 12.3 Å². The van der Waals surface area contributed by atoms with Crippen LogP contribution in [0, 0.1) is 5.92 Å². The molecule has 7 heteroatoms. The van der Waals surface area contributed by atoms with E-state index in [4.69, 9.17) is 9.84 Å². The van der Waals surface area contributed by atoms with E-state index in [0.717, 1.165) is 22.3 Å². The molecular weight excluding hydrogens is 420 g/mol. The fraction of sp³-hybridized carbons (Fsp3) is 0.423. The van der Waals surface area contributed by atoms with Crippen LogP contribution in [0.25, 0.3) is 11.1 Å². The third-order valence-electron chi connectivity index (χ3n) is 6.15. The molecule has 2 amide bonds. The molecular formula is C26H32N2O5. The molecule has 7 nitrogen and oxygen atoms in total. The molecule has 1 unspecified atom stereocenters. The maximum absolute atomic E-state index is 12.9. The molecule has 0 radical (unpaired) electrons. The maximum Gasteiger partial charge on any atom is 0.407 e. The number of nitrogens with zero attached hydrogens (tertiary/aromatic N) is 1. The molecule has 176 valence electrons. The Morgan fingerprint density at radius 3 is 2.12 bits per heavy atom. The second-order valence-corrected chi connectivity index (χ2v) is 8.58. The van der Waals surface area contributed by atoms with E-state index in [9.17, 15) is 14.4 Å². The van der Waals surface area contributed by atoms with Crippen molar-refractivity contribution in [1.29, 1.82) is 0 Å². The van der Waals surface area contributed by atoms with Gasteiger partial charge in [0, 0.05) is 25.0 Å². The van der Waals surface area contributed by atoms with Gasteiger partial charge in [-0.2, -0.15) is 0 Å². The van der Waals surface area contributed by atoms with Crippen LogP contribution in [0.5, 0.6) is 0 Å². The predicted octanol–water partition coefficient (Wildman–Crippen LogP) is 4.26. The second-order valence-electron chi connectivity index (χ2n) is 8.58. The van der Waals surface area contributed by atoms with Crippen molar-refractivity contribution in [1.82, 2.24) is 10.2 Å². The molecule has 0 aliphatic heterocycles. The lowest BCUT2D eigenvalue weighted by molar-refractivity contribution is -0.140. The van der Waals surface area contributed by atoms with Crippen LogP contribution in [0.1, 0.15) is 50.7 Å². The largest absolute Gasteiger partial charge is 0.481 e. The first-order valence-electron chi connectivity index (χ1n) is 11.4. The Morgan fingerprint density at radius 2 is 1.61 bits per heavy atom. The average Bonchev–Trinajstić information content (AvgIpc) is 3.11. The van der Waals surface area contributed by atoms with Gasteiger partial charge in [-0.05, 0) is 42.5 Å². The Bertz CT molecular complexity index is 958. The van der Waals surface area contributed by atoms with Gasteiger partial charge in [0.25, 0.3) is 0 Å². The van der Waals surface area contributed by atoms with Gasteiger partial charge in [-0.3, -0.25) is 9.59 Å². The van der Waals surface area contributed by atoms with E-state index in [1.54, 1.807) is 4.90 Å². The lowest BCUT2D eigenvalue weighted by atomic mass is 9.98. The van der Waals surface area contributed by atoms with Crippen LogP contribution >= 0.6 is 0 Å². The zero-order valence-electron chi connectivity index (χ0n) is 19.4. The Balaban J connectivity index is 1.57. The molecule has 0 bridgehead atoms. The van der Waals surface area contributed by atoms with Crippen LogP contribution in [-0.4, -0.2) is 53.7 Å². The molecule has 1 atom stereocenters. The number of carboxylic acids is 1. The van der Waals surface area contributed by atoms with E-state index in [0.29, 0.717) is 6.42 Å². The quantitative estimate of drug-likeness (QED) is 0.561. The van der Waals surface area contributed by atoms with Crippen molar-refractivity contribution in [3.63, 3.8) is 0 Å². The molecule has 2 aromatic carbocycles. The number of ether oxygens (including phenoxy) is 1. The van der Waals surface area contributed by atoms with Gasteiger partial charge in [0.15, 0.2) is 0 Å². The van der Waals surface area contributed by atoms with Gasteiger partial charge < -0.3 is 20.1 Å². The predicted molar refractivity (Wildman–Crippen MR) is 126 cm³/mol. The van der Waals surface area contributed by atoms with Crippen LogP contribution in [0.3, 0.4) is 0 Å². The third kappa shape index (κ3) is 5.72. The molecule has 0 aromatic heterocycles. The first-order chi connectivity index (χ1) is 15.8. The zero-order valence-corrected chi connectivity index (χ0v) is 19.4. The minimum atomic E-state index is -0.946. The SMILES string of the molecule is CCC(CNC(=O)OCC1c2ccccc2-c2ccccc21)C(=O)N(CCC(=O)O)C(C)C. The van der Waals surface area contributed by atoms with E-state index >= 15 is 0 Å². The highest BCUT2D eigenvalue weighted by Crippen LogP contribution is 2.44. The lowest BCUT2D eigenvalue weighted by Gasteiger charge is -2.30. The number of carboxylic acid groups (broad SMARTS) is 1. The summed E-state index contributed by atoms with van der Waals surface area (Å²) >= 11 is 0. The molecule has 0 fully saturated rings. The van der Waals surface area contributed by atoms with Crippen LogP contribution in [-0.2, 0) is 14.3 Å². The summed E-state index contributed by atoms with van der Waals surface area (Å²) in [7, 11) is 0. The van der Waals surface area contributed by atoms with E-state index in [-0.39, 0.29) is 44.0 Å². The summed E-state index contributed by atoms with van der Waals surface area (Å²) in [6, 6.07) is 16.1. The van der Waals surface area contributed by atoms with Gasteiger partial charge in [0.1, 0.15) is 6.61 Å². The summed E-state index contributed by atoms with van der Waals surface area (Å²) in [4.78, 5) is 37.9. The number of hydrogen-bond acceptors (Lipinski definition) is 4. The summed E-state index contributed by atoms with van der Waals surface area (Å²) in [6.07, 6.45) is -0.149. The molecule has 2 aromatic rings. The van der Waals surface area contributed by atoms with E-state index < -0.39 is 18.0 Å². The van der Waals surface area contributed by atoms with Crippen molar-refractivity contribution in [3.05, 3.63) is 59.7 Å². The second kappa shape index (κ2) is 11.0. The molecule has 33 heavy (non-hydrogen) atoms. The number of aliphatic carboxylic acids is 1. The van der Waals surface area contributed by atoms with Crippen LogP contribution < -0.4 is 5.32 Å². The van der Waals surface area contributed by atoms with Crippen molar-refractivity contribution < 1.29 is 24.2 Å². The van der Waals surface area contributed by atoms with Gasteiger partial charge in [-0.1, -0.05) is 55.5 Å². The minimum Gasteiger partial charge on any atom is -0.481 e. The monoisotopic (exact) mass is 452 g/mol. The van der Waals surface area contributed by atoms with E-state index in [1.807, 2.05) is 45.0 Å². The standard InChI is InChI=1S/C26H32N2O5/c1-4-18(25(31)28(17(2)3)14-13-24(29)30)15-27-26(32)33-16-23-21-11-7-5-9-19(21)20-10-6-8-12-22(20)23/h5-12,17-18,23H,4,13-16H2,1-3H3,(H,27,32)(H,29,30). The van der Waals surface area contributed by atoms with Crippen LogP contribution in [0.2, 0.25) is 0 Å². The molecule has 2 N–H and O–H groups in total. The maximum atomic E-state index is 12.9. The number of amides is 2. The van der Waals surface area contributed by atoms with Gasteiger partial charge in [0.2, 0.25) is 5.91 Å². The van der Waals surface area contributed by atoms with Gasteiger partial charge >= 0.3 is 12.1 Å². The van der Waals surface area contributed by atoms with E-state index in [1.165, 1.54) is 0 Å².